The second-order valence-corrected chi connectivity index (χ2v) is 10.6. The van der Waals surface area contributed by atoms with Crippen molar-refractivity contribution in [1.82, 2.24) is 0 Å². The molecular formula is C13H23NOSi. The Kier molecular flexibility index (Phi) is 3.38. The normalized spacial score (nSPS) is 12.6. The third-order valence-corrected chi connectivity index (χ3v) is 7.68. The molecule has 0 fully saturated rings. The van der Waals surface area contributed by atoms with Gasteiger partial charge in [0.1, 0.15) is 5.75 Å². The van der Waals surface area contributed by atoms with Crippen LogP contribution in [0.1, 0.15) is 26.3 Å². The summed E-state index contributed by atoms with van der Waals surface area (Å²) in [4.78, 5) is 0. The van der Waals surface area contributed by atoms with Crippen LogP contribution >= 0.6 is 0 Å². The van der Waals surface area contributed by atoms with Crippen LogP contribution in [0.5, 0.6) is 5.75 Å². The largest absolute Gasteiger partial charge is 0.542 e. The second kappa shape index (κ2) is 4.13. The average Bonchev–Trinajstić information content (AvgIpc) is 2.09. The van der Waals surface area contributed by atoms with Gasteiger partial charge in [-0.2, -0.15) is 0 Å². The lowest BCUT2D eigenvalue weighted by Crippen LogP contribution is -2.44. The standard InChI is InChI=1S/C13H23NOSi/c1-10-7-8-11(14)12(9-10)15-16(5,6)13(2,3)4/h7-9H,14H2,1-6H3. The number of hydrogen-bond donors (Lipinski definition) is 1. The van der Waals surface area contributed by atoms with E-state index in [-0.39, 0.29) is 5.04 Å². The van der Waals surface area contributed by atoms with E-state index in [0.29, 0.717) is 0 Å². The van der Waals surface area contributed by atoms with Gasteiger partial charge in [-0.05, 0) is 42.8 Å². The van der Waals surface area contributed by atoms with Gasteiger partial charge < -0.3 is 10.2 Å². The van der Waals surface area contributed by atoms with E-state index in [2.05, 4.69) is 40.8 Å². The Labute approximate surface area is 99.9 Å². The van der Waals surface area contributed by atoms with Gasteiger partial charge in [0.25, 0.3) is 8.32 Å². The molecule has 16 heavy (non-hydrogen) atoms. The molecule has 0 saturated carbocycles. The summed E-state index contributed by atoms with van der Waals surface area (Å²) in [5.41, 5.74) is 7.85. The lowest BCUT2D eigenvalue weighted by Gasteiger charge is -2.36. The molecule has 0 amide bonds. The Morgan fingerprint density at radius 2 is 1.75 bits per heavy atom. The van der Waals surface area contributed by atoms with Crippen LogP contribution in [0.2, 0.25) is 18.1 Å². The zero-order valence-corrected chi connectivity index (χ0v) is 12.2. The van der Waals surface area contributed by atoms with Crippen molar-refractivity contribution < 1.29 is 4.43 Å². The maximum Gasteiger partial charge on any atom is 0.250 e. The lowest BCUT2D eigenvalue weighted by atomic mass is 10.2. The molecule has 0 unspecified atom stereocenters. The Morgan fingerprint density at radius 1 is 1.19 bits per heavy atom. The number of benzene rings is 1. The summed E-state index contributed by atoms with van der Waals surface area (Å²) in [5.74, 6) is 0.839. The highest BCUT2D eigenvalue weighted by atomic mass is 28.4. The van der Waals surface area contributed by atoms with Gasteiger partial charge in [0.15, 0.2) is 0 Å². The summed E-state index contributed by atoms with van der Waals surface area (Å²) in [7, 11) is -1.78. The molecule has 3 heteroatoms. The van der Waals surface area contributed by atoms with Gasteiger partial charge in [-0.15, -0.1) is 0 Å². The molecule has 0 aliphatic heterocycles. The van der Waals surface area contributed by atoms with E-state index in [1.54, 1.807) is 0 Å². The molecular weight excluding hydrogens is 214 g/mol. The smallest absolute Gasteiger partial charge is 0.250 e. The highest BCUT2D eigenvalue weighted by Gasteiger charge is 2.39. The van der Waals surface area contributed by atoms with Crippen LogP contribution in [0.25, 0.3) is 0 Å². The molecule has 0 radical (unpaired) electrons. The van der Waals surface area contributed by atoms with Crippen molar-refractivity contribution in [2.45, 2.75) is 45.8 Å². The molecule has 0 saturated heterocycles. The molecule has 1 rings (SSSR count). The highest BCUT2D eigenvalue weighted by molar-refractivity contribution is 6.74. The van der Waals surface area contributed by atoms with Gasteiger partial charge in [-0.25, -0.2) is 0 Å². The number of hydrogen-bond acceptors (Lipinski definition) is 2. The van der Waals surface area contributed by atoms with Crippen molar-refractivity contribution >= 4 is 14.0 Å². The average molecular weight is 237 g/mol. The number of anilines is 1. The molecule has 1 aromatic rings. The van der Waals surface area contributed by atoms with E-state index in [0.717, 1.165) is 11.4 Å². The van der Waals surface area contributed by atoms with Crippen LogP contribution < -0.4 is 10.2 Å². The predicted octanol–water partition coefficient (Wildman–Crippen LogP) is 3.96. The minimum absolute atomic E-state index is 0.198. The summed E-state index contributed by atoms with van der Waals surface area (Å²) < 4.78 is 6.19. The summed E-state index contributed by atoms with van der Waals surface area (Å²) in [6.45, 7) is 13.2. The zero-order valence-electron chi connectivity index (χ0n) is 11.2. The first-order valence-corrected chi connectivity index (χ1v) is 8.59. The maximum atomic E-state index is 6.19. The minimum atomic E-state index is -1.78. The predicted molar refractivity (Wildman–Crippen MR) is 73.4 cm³/mol. The first-order chi connectivity index (χ1) is 7.13. The van der Waals surface area contributed by atoms with E-state index >= 15 is 0 Å². The SMILES string of the molecule is Cc1ccc(N)c(O[Si](C)(C)C(C)(C)C)c1. The number of nitrogens with two attached hydrogens (primary N) is 1. The Balaban J connectivity index is 3.01. The van der Waals surface area contributed by atoms with Crippen molar-refractivity contribution in [2.24, 2.45) is 0 Å². The van der Waals surface area contributed by atoms with Crippen molar-refractivity contribution in [3.63, 3.8) is 0 Å². The molecule has 2 nitrogen and oxygen atoms in total. The minimum Gasteiger partial charge on any atom is -0.542 e. The van der Waals surface area contributed by atoms with Crippen molar-refractivity contribution in [3.05, 3.63) is 23.8 Å². The second-order valence-electron chi connectivity index (χ2n) is 5.90. The zero-order chi connectivity index (χ0) is 12.6. The third kappa shape index (κ3) is 2.79. The topological polar surface area (TPSA) is 35.2 Å². The van der Waals surface area contributed by atoms with E-state index in [4.69, 9.17) is 10.2 Å². The monoisotopic (exact) mass is 237 g/mol. The first-order valence-electron chi connectivity index (χ1n) is 5.68. The molecule has 0 heterocycles. The van der Waals surface area contributed by atoms with Crippen LogP contribution in [0, 0.1) is 6.92 Å². The van der Waals surface area contributed by atoms with E-state index < -0.39 is 8.32 Å². The fraction of sp³-hybridized carbons (Fsp3) is 0.538. The van der Waals surface area contributed by atoms with E-state index in [9.17, 15) is 0 Å². The molecule has 1 aromatic carbocycles. The summed E-state index contributed by atoms with van der Waals surface area (Å²) >= 11 is 0. The van der Waals surface area contributed by atoms with E-state index in [1.807, 2.05) is 18.2 Å². The van der Waals surface area contributed by atoms with Crippen LogP contribution in [0.15, 0.2) is 18.2 Å². The maximum absolute atomic E-state index is 6.19. The molecule has 0 aliphatic carbocycles. The number of rotatable bonds is 2. The van der Waals surface area contributed by atoms with Gasteiger partial charge in [0, 0.05) is 0 Å². The molecule has 0 spiro atoms. The van der Waals surface area contributed by atoms with Gasteiger partial charge in [-0.3, -0.25) is 0 Å². The van der Waals surface area contributed by atoms with Crippen LogP contribution in [-0.4, -0.2) is 8.32 Å². The Hall–Kier alpha value is -0.963. The highest BCUT2D eigenvalue weighted by Crippen LogP contribution is 2.38. The third-order valence-electron chi connectivity index (χ3n) is 3.34. The summed E-state index contributed by atoms with van der Waals surface area (Å²) in [5, 5.41) is 0.198. The van der Waals surface area contributed by atoms with Gasteiger partial charge in [-0.1, -0.05) is 26.8 Å². The first kappa shape index (κ1) is 13.1. The molecule has 90 valence electrons. The van der Waals surface area contributed by atoms with E-state index in [1.165, 1.54) is 5.56 Å². The molecule has 0 aromatic heterocycles. The molecule has 0 bridgehead atoms. The fourth-order valence-corrected chi connectivity index (χ4v) is 2.19. The summed E-state index contributed by atoms with van der Waals surface area (Å²) in [6, 6.07) is 5.95. The van der Waals surface area contributed by atoms with Crippen LogP contribution in [0.4, 0.5) is 5.69 Å². The number of nitrogen functional groups attached to an aromatic ring is 1. The van der Waals surface area contributed by atoms with Crippen molar-refractivity contribution in [1.29, 1.82) is 0 Å². The van der Waals surface area contributed by atoms with Gasteiger partial charge in [0.2, 0.25) is 0 Å². The van der Waals surface area contributed by atoms with Gasteiger partial charge >= 0.3 is 0 Å². The number of aryl methyl sites for hydroxylation is 1. The van der Waals surface area contributed by atoms with Crippen molar-refractivity contribution in [3.8, 4) is 5.75 Å². The molecule has 2 N–H and O–H groups in total. The molecule has 0 aliphatic rings. The lowest BCUT2D eigenvalue weighted by molar-refractivity contribution is 0.494. The fourth-order valence-electron chi connectivity index (χ4n) is 1.16. The Morgan fingerprint density at radius 3 is 2.25 bits per heavy atom. The Bertz CT molecular complexity index is 380. The van der Waals surface area contributed by atoms with Crippen LogP contribution in [0.3, 0.4) is 0 Å². The summed E-state index contributed by atoms with van der Waals surface area (Å²) in [6.07, 6.45) is 0. The van der Waals surface area contributed by atoms with Crippen LogP contribution in [-0.2, 0) is 0 Å². The van der Waals surface area contributed by atoms with Crippen molar-refractivity contribution in [2.75, 3.05) is 5.73 Å². The van der Waals surface area contributed by atoms with Gasteiger partial charge in [0.05, 0.1) is 5.69 Å². The quantitative estimate of drug-likeness (QED) is 0.624. The molecule has 0 atom stereocenters.